The Labute approximate surface area is 94.0 Å². The number of Topliss-reactive ketones (excluding diaryl/α,β-unsaturated/α-hetero) is 1. The van der Waals surface area contributed by atoms with Gasteiger partial charge in [0.2, 0.25) is 5.78 Å². The van der Waals surface area contributed by atoms with E-state index >= 15 is 0 Å². The first-order chi connectivity index (χ1) is 7.86. The Bertz CT molecular complexity index is 535. The number of pyridine rings is 1. The number of hydrogen-bond acceptors (Lipinski definition) is 2. The average Bonchev–Trinajstić information content (AvgIpc) is 2.38. The van der Waals surface area contributed by atoms with E-state index in [2.05, 4.69) is 16.8 Å². The molecule has 0 saturated carbocycles. The molecule has 1 aromatic carbocycles. The second kappa shape index (κ2) is 4.90. The average molecular weight is 207 g/mol. The van der Waals surface area contributed by atoms with Gasteiger partial charge >= 0.3 is 0 Å². The number of aromatic nitrogens is 1. The van der Waals surface area contributed by atoms with E-state index < -0.39 is 0 Å². The fourth-order valence-corrected chi connectivity index (χ4v) is 1.23. The number of hydrogen-bond donors (Lipinski definition) is 0. The molecular formula is C14H9NO. The van der Waals surface area contributed by atoms with E-state index in [0.717, 1.165) is 5.56 Å². The predicted molar refractivity (Wildman–Crippen MR) is 61.9 cm³/mol. The molecule has 0 aliphatic carbocycles. The Kier molecular flexibility index (Phi) is 3.10. The lowest BCUT2D eigenvalue weighted by atomic mass is 10.1. The summed E-state index contributed by atoms with van der Waals surface area (Å²) in [7, 11) is 0. The standard InChI is InChI=1S/C14H9NO/c16-14(13-4-2-1-3-5-13)7-6-12-8-10-15-11-9-12/h1-5,8-11H. The Morgan fingerprint density at radius 3 is 2.38 bits per heavy atom. The van der Waals surface area contributed by atoms with Gasteiger partial charge in [0.25, 0.3) is 0 Å². The van der Waals surface area contributed by atoms with Crippen LogP contribution in [0.2, 0.25) is 0 Å². The molecule has 2 rings (SSSR count). The summed E-state index contributed by atoms with van der Waals surface area (Å²) in [6.07, 6.45) is 3.30. The van der Waals surface area contributed by atoms with Gasteiger partial charge in [-0.3, -0.25) is 9.78 Å². The largest absolute Gasteiger partial charge is 0.279 e. The summed E-state index contributed by atoms with van der Waals surface area (Å²) in [5.74, 6) is 5.23. The molecule has 0 aliphatic heterocycles. The third-order valence-corrected chi connectivity index (χ3v) is 2.04. The van der Waals surface area contributed by atoms with Gasteiger partial charge < -0.3 is 0 Å². The van der Waals surface area contributed by atoms with E-state index in [1.54, 1.807) is 36.7 Å². The van der Waals surface area contributed by atoms with Crippen molar-refractivity contribution in [2.45, 2.75) is 0 Å². The van der Waals surface area contributed by atoms with Crippen LogP contribution in [0, 0.1) is 11.8 Å². The summed E-state index contributed by atoms with van der Waals surface area (Å²) in [6.45, 7) is 0. The predicted octanol–water partition coefficient (Wildman–Crippen LogP) is 2.32. The molecule has 0 saturated heterocycles. The van der Waals surface area contributed by atoms with Gasteiger partial charge in [-0.2, -0.15) is 0 Å². The second-order valence-corrected chi connectivity index (χ2v) is 3.18. The van der Waals surface area contributed by atoms with Gasteiger partial charge in [-0.15, -0.1) is 0 Å². The van der Waals surface area contributed by atoms with Crippen LogP contribution in [0.15, 0.2) is 54.9 Å². The highest BCUT2D eigenvalue weighted by Gasteiger charge is 1.98. The van der Waals surface area contributed by atoms with Crippen molar-refractivity contribution in [2.75, 3.05) is 0 Å². The number of ketones is 1. The highest BCUT2D eigenvalue weighted by Crippen LogP contribution is 1.99. The zero-order valence-corrected chi connectivity index (χ0v) is 8.55. The Morgan fingerprint density at radius 2 is 1.69 bits per heavy atom. The lowest BCUT2D eigenvalue weighted by Gasteiger charge is -1.90. The third kappa shape index (κ3) is 2.55. The van der Waals surface area contributed by atoms with Crippen LogP contribution in [0.3, 0.4) is 0 Å². The molecule has 0 unspecified atom stereocenters. The van der Waals surface area contributed by atoms with E-state index in [9.17, 15) is 4.79 Å². The monoisotopic (exact) mass is 207 g/mol. The van der Waals surface area contributed by atoms with Gasteiger partial charge in [-0.1, -0.05) is 36.3 Å². The Hall–Kier alpha value is -2.40. The van der Waals surface area contributed by atoms with Crippen LogP contribution in [0.4, 0.5) is 0 Å². The second-order valence-electron chi connectivity index (χ2n) is 3.18. The highest BCUT2D eigenvalue weighted by atomic mass is 16.1. The van der Waals surface area contributed by atoms with Gasteiger partial charge in [0.15, 0.2) is 0 Å². The van der Waals surface area contributed by atoms with Crippen LogP contribution in [0.25, 0.3) is 0 Å². The minimum Gasteiger partial charge on any atom is -0.279 e. The first-order valence-electron chi connectivity index (χ1n) is 4.88. The molecule has 0 amide bonds. The van der Waals surface area contributed by atoms with E-state index in [-0.39, 0.29) is 5.78 Å². The molecule has 2 nitrogen and oxygen atoms in total. The van der Waals surface area contributed by atoms with Crippen molar-refractivity contribution in [3.05, 3.63) is 66.0 Å². The molecule has 0 radical (unpaired) electrons. The summed E-state index contributed by atoms with van der Waals surface area (Å²) in [5.41, 5.74) is 1.41. The van der Waals surface area contributed by atoms with Gasteiger partial charge in [0.05, 0.1) is 0 Å². The number of carbonyl (C=O) groups excluding carboxylic acids is 1. The zero-order valence-electron chi connectivity index (χ0n) is 8.55. The maximum Gasteiger partial charge on any atom is 0.236 e. The molecule has 0 bridgehead atoms. The molecule has 0 fully saturated rings. The van der Waals surface area contributed by atoms with Crippen molar-refractivity contribution in [1.82, 2.24) is 4.98 Å². The highest BCUT2D eigenvalue weighted by molar-refractivity contribution is 6.09. The summed E-state index contributed by atoms with van der Waals surface area (Å²) in [4.78, 5) is 15.5. The summed E-state index contributed by atoms with van der Waals surface area (Å²) < 4.78 is 0. The minimum absolute atomic E-state index is 0.169. The molecule has 16 heavy (non-hydrogen) atoms. The molecule has 1 heterocycles. The smallest absolute Gasteiger partial charge is 0.236 e. The van der Waals surface area contributed by atoms with E-state index in [1.807, 2.05) is 18.2 Å². The van der Waals surface area contributed by atoms with Crippen molar-refractivity contribution in [3.63, 3.8) is 0 Å². The molecule has 0 N–H and O–H groups in total. The molecule has 0 atom stereocenters. The molecule has 2 aromatic rings. The van der Waals surface area contributed by atoms with Crippen LogP contribution < -0.4 is 0 Å². The quantitative estimate of drug-likeness (QED) is 0.530. The molecule has 1 aromatic heterocycles. The maximum absolute atomic E-state index is 11.6. The Morgan fingerprint density at radius 1 is 1.00 bits per heavy atom. The molecule has 0 spiro atoms. The van der Waals surface area contributed by atoms with Crippen molar-refractivity contribution in [2.24, 2.45) is 0 Å². The lowest BCUT2D eigenvalue weighted by molar-refractivity contribution is 0.105. The zero-order chi connectivity index (χ0) is 11.2. The first kappa shape index (κ1) is 10.1. The van der Waals surface area contributed by atoms with Gasteiger partial charge in [0.1, 0.15) is 0 Å². The summed E-state index contributed by atoms with van der Waals surface area (Å²) >= 11 is 0. The van der Waals surface area contributed by atoms with E-state index in [4.69, 9.17) is 0 Å². The van der Waals surface area contributed by atoms with Crippen molar-refractivity contribution < 1.29 is 4.79 Å². The fraction of sp³-hybridized carbons (Fsp3) is 0. The van der Waals surface area contributed by atoms with Crippen molar-refractivity contribution >= 4 is 5.78 Å². The number of carbonyl (C=O) groups is 1. The maximum atomic E-state index is 11.6. The topological polar surface area (TPSA) is 30.0 Å². The number of nitrogens with zero attached hydrogens (tertiary/aromatic N) is 1. The number of benzene rings is 1. The molecule has 0 aliphatic rings. The lowest BCUT2D eigenvalue weighted by Crippen LogP contribution is -1.93. The molecule has 2 heteroatoms. The van der Waals surface area contributed by atoms with Crippen LogP contribution in [-0.4, -0.2) is 10.8 Å². The third-order valence-electron chi connectivity index (χ3n) is 2.04. The summed E-state index contributed by atoms with van der Waals surface area (Å²) in [6, 6.07) is 12.6. The summed E-state index contributed by atoms with van der Waals surface area (Å²) in [5, 5.41) is 0. The van der Waals surface area contributed by atoms with E-state index in [1.165, 1.54) is 0 Å². The SMILES string of the molecule is O=C(C#Cc1ccncc1)c1ccccc1. The molecule has 76 valence electrons. The first-order valence-corrected chi connectivity index (χ1v) is 4.88. The minimum atomic E-state index is -0.169. The fourth-order valence-electron chi connectivity index (χ4n) is 1.23. The Balaban J connectivity index is 2.18. The van der Waals surface area contributed by atoms with Crippen LogP contribution >= 0.6 is 0 Å². The van der Waals surface area contributed by atoms with Gasteiger partial charge in [-0.25, -0.2) is 0 Å². The molecular weight excluding hydrogens is 198 g/mol. The van der Waals surface area contributed by atoms with E-state index in [0.29, 0.717) is 5.56 Å². The van der Waals surface area contributed by atoms with Gasteiger partial charge in [0, 0.05) is 23.5 Å². The van der Waals surface area contributed by atoms with Crippen LogP contribution in [-0.2, 0) is 0 Å². The van der Waals surface area contributed by atoms with Gasteiger partial charge in [-0.05, 0) is 18.1 Å². The normalized spacial score (nSPS) is 9.00. The van der Waals surface area contributed by atoms with Crippen LogP contribution in [0.1, 0.15) is 15.9 Å². The number of rotatable bonds is 1. The van der Waals surface area contributed by atoms with Crippen molar-refractivity contribution in [1.29, 1.82) is 0 Å². The van der Waals surface area contributed by atoms with Crippen LogP contribution in [0.5, 0.6) is 0 Å². The van der Waals surface area contributed by atoms with Crippen molar-refractivity contribution in [3.8, 4) is 11.8 Å².